The molecular weight excluding hydrogens is 354 g/mol. The summed E-state index contributed by atoms with van der Waals surface area (Å²) in [5.41, 5.74) is 4.31. The van der Waals surface area contributed by atoms with Gasteiger partial charge in [-0.2, -0.15) is 5.10 Å². The van der Waals surface area contributed by atoms with Crippen LogP contribution in [0.4, 0.5) is 0 Å². The molecule has 4 rings (SSSR count). The monoisotopic (exact) mass is 377 g/mol. The van der Waals surface area contributed by atoms with Crippen molar-refractivity contribution in [3.8, 4) is 22.8 Å². The molecule has 1 aliphatic heterocycles. The largest absolute Gasteiger partial charge is 0.494 e. The van der Waals surface area contributed by atoms with E-state index < -0.39 is 0 Å². The predicted molar refractivity (Wildman–Crippen MR) is 107 cm³/mol. The molecule has 0 saturated heterocycles. The van der Waals surface area contributed by atoms with Crippen LogP contribution in [0, 0.1) is 0 Å². The van der Waals surface area contributed by atoms with E-state index in [-0.39, 0.29) is 5.91 Å². The Morgan fingerprint density at radius 1 is 1.21 bits per heavy atom. The first-order valence-electron chi connectivity index (χ1n) is 9.45. The normalized spacial score (nSPS) is 11.9. The van der Waals surface area contributed by atoms with Crippen LogP contribution in [0.5, 0.6) is 11.5 Å². The van der Waals surface area contributed by atoms with Crippen LogP contribution in [-0.2, 0) is 20.1 Å². The van der Waals surface area contributed by atoms with Crippen molar-refractivity contribution in [2.75, 3.05) is 13.2 Å². The second kappa shape index (κ2) is 7.76. The Bertz CT molecular complexity index is 993. The molecule has 1 aliphatic rings. The second-order valence-electron chi connectivity index (χ2n) is 6.67. The van der Waals surface area contributed by atoms with Gasteiger partial charge >= 0.3 is 0 Å². The Morgan fingerprint density at radius 3 is 2.79 bits per heavy atom. The van der Waals surface area contributed by atoms with Crippen LogP contribution in [0.3, 0.4) is 0 Å². The molecule has 0 aliphatic carbocycles. The Hall–Kier alpha value is -3.28. The zero-order valence-electron chi connectivity index (χ0n) is 16.1. The van der Waals surface area contributed by atoms with Gasteiger partial charge in [0.15, 0.2) is 5.69 Å². The van der Waals surface area contributed by atoms with E-state index in [1.54, 1.807) is 4.68 Å². The Balaban J connectivity index is 1.44. The molecule has 0 bridgehead atoms. The third-order valence-electron chi connectivity index (χ3n) is 4.81. The minimum absolute atomic E-state index is 0.175. The number of nitrogens with one attached hydrogen (secondary N) is 1. The highest BCUT2D eigenvalue weighted by Gasteiger charge is 2.27. The highest BCUT2D eigenvalue weighted by Crippen LogP contribution is 2.38. The third kappa shape index (κ3) is 3.45. The number of benzene rings is 2. The zero-order chi connectivity index (χ0) is 19.5. The minimum Gasteiger partial charge on any atom is -0.494 e. The summed E-state index contributed by atoms with van der Waals surface area (Å²) < 4.78 is 13.0. The number of hydrogen-bond acceptors (Lipinski definition) is 4. The fourth-order valence-electron chi connectivity index (χ4n) is 3.49. The van der Waals surface area contributed by atoms with Crippen molar-refractivity contribution in [2.24, 2.45) is 7.05 Å². The summed E-state index contributed by atoms with van der Waals surface area (Å²) in [6, 6.07) is 15.8. The van der Waals surface area contributed by atoms with Gasteiger partial charge in [-0.25, -0.2) is 0 Å². The highest BCUT2D eigenvalue weighted by molar-refractivity contribution is 5.96. The lowest BCUT2D eigenvalue weighted by atomic mass is 10.0. The lowest BCUT2D eigenvalue weighted by molar-refractivity contribution is 0.0946. The molecular formula is C22H23N3O3. The number of nitrogens with zero attached hydrogens (tertiary/aromatic N) is 2. The first-order valence-corrected chi connectivity index (χ1v) is 9.45. The van der Waals surface area contributed by atoms with Crippen LogP contribution in [0.1, 0.15) is 28.5 Å². The maximum absolute atomic E-state index is 12.7. The Labute approximate surface area is 164 Å². The van der Waals surface area contributed by atoms with Crippen LogP contribution < -0.4 is 14.8 Å². The molecule has 0 atom stereocenters. The van der Waals surface area contributed by atoms with E-state index in [9.17, 15) is 4.79 Å². The maximum atomic E-state index is 12.7. The van der Waals surface area contributed by atoms with E-state index >= 15 is 0 Å². The summed E-state index contributed by atoms with van der Waals surface area (Å²) in [6.45, 7) is 3.50. The number of carbonyl (C=O) groups excluding carboxylic acids is 1. The number of amides is 1. The topological polar surface area (TPSA) is 65.4 Å². The molecule has 0 radical (unpaired) electrons. The van der Waals surface area contributed by atoms with Gasteiger partial charge in [0.25, 0.3) is 5.91 Å². The van der Waals surface area contributed by atoms with Crippen LogP contribution in [0.2, 0.25) is 0 Å². The van der Waals surface area contributed by atoms with Gasteiger partial charge in [0, 0.05) is 24.7 Å². The summed E-state index contributed by atoms with van der Waals surface area (Å²) in [5.74, 6) is 1.50. The fraction of sp³-hybridized carbons (Fsp3) is 0.273. The van der Waals surface area contributed by atoms with Gasteiger partial charge in [-0.05, 0) is 43.2 Å². The van der Waals surface area contributed by atoms with Crippen molar-refractivity contribution in [2.45, 2.75) is 20.0 Å². The molecule has 3 aromatic rings. The molecule has 0 saturated carbocycles. The number of aromatic nitrogens is 2. The molecule has 0 unspecified atom stereocenters. The lowest BCUT2D eigenvalue weighted by Crippen LogP contribution is -2.27. The number of carbonyl (C=O) groups is 1. The highest BCUT2D eigenvalue weighted by atomic mass is 16.5. The van der Waals surface area contributed by atoms with Crippen molar-refractivity contribution in [3.63, 3.8) is 0 Å². The zero-order valence-corrected chi connectivity index (χ0v) is 16.1. The van der Waals surface area contributed by atoms with Crippen molar-refractivity contribution in [1.29, 1.82) is 0 Å². The summed E-state index contributed by atoms with van der Waals surface area (Å²) in [4.78, 5) is 12.7. The molecule has 0 spiro atoms. The van der Waals surface area contributed by atoms with Gasteiger partial charge in [0.05, 0.1) is 12.3 Å². The van der Waals surface area contributed by atoms with E-state index in [4.69, 9.17) is 9.47 Å². The minimum atomic E-state index is -0.175. The molecule has 2 heterocycles. The maximum Gasteiger partial charge on any atom is 0.272 e. The van der Waals surface area contributed by atoms with Gasteiger partial charge in [-0.1, -0.05) is 24.3 Å². The van der Waals surface area contributed by atoms with E-state index in [0.29, 0.717) is 25.5 Å². The summed E-state index contributed by atoms with van der Waals surface area (Å²) >= 11 is 0. The first kappa shape index (κ1) is 18.1. The third-order valence-corrected chi connectivity index (χ3v) is 4.81. The molecule has 2 aromatic carbocycles. The fourth-order valence-corrected chi connectivity index (χ4v) is 3.49. The lowest BCUT2D eigenvalue weighted by Gasteiger charge is -2.18. The molecule has 1 N–H and O–H groups in total. The summed E-state index contributed by atoms with van der Waals surface area (Å²) in [7, 11) is 1.86. The van der Waals surface area contributed by atoms with Crippen molar-refractivity contribution in [1.82, 2.24) is 15.1 Å². The van der Waals surface area contributed by atoms with Crippen LogP contribution in [-0.4, -0.2) is 28.8 Å². The number of aryl methyl sites for hydroxylation is 1. The second-order valence-corrected chi connectivity index (χ2v) is 6.67. The molecule has 1 aromatic heterocycles. The number of rotatable bonds is 6. The number of hydrogen-bond donors (Lipinski definition) is 1. The SMILES string of the molecule is CCOc1ccc(CCNC(=O)c2nn(C)c3c2COc2ccccc2-3)cc1. The van der Waals surface area contributed by atoms with Crippen molar-refractivity contribution < 1.29 is 14.3 Å². The molecule has 6 nitrogen and oxygen atoms in total. The predicted octanol–water partition coefficient (Wildman–Crippen LogP) is 3.35. The quantitative estimate of drug-likeness (QED) is 0.715. The Kier molecular flexibility index (Phi) is 5.02. The van der Waals surface area contributed by atoms with E-state index in [1.165, 1.54) is 0 Å². The Morgan fingerprint density at radius 2 is 2.00 bits per heavy atom. The van der Waals surface area contributed by atoms with Gasteiger partial charge in [0.2, 0.25) is 0 Å². The van der Waals surface area contributed by atoms with Gasteiger partial charge < -0.3 is 14.8 Å². The van der Waals surface area contributed by atoms with E-state index in [2.05, 4.69) is 10.4 Å². The standard InChI is InChI=1S/C22H23N3O3/c1-3-27-16-10-8-15(9-11-16)12-13-23-22(26)20-18-14-28-19-7-5-4-6-17(19)21(18)25(2)24-20/h4-11H,3,12-14H2,1-2H3,(H,23,26). The summed E-state index contributed by atoms with van der Waals surface area (Å²) in [6.07, 6.45) is 0.743. The molecule has 28 heavy (non-hydrogen) atoms. The van der Waals surface area contributed by atoms with Gasteiger partial charge in [-0.15, -0.1) is 0 Å². The van der Waals surface area contributed by atoms with E-state index in [1.807, 2.05) is 62.5 Å². The number of ether oxygens (including phenoxy) is 2. The van der Waals surface area contributed by atoms with Gasteiger partial charge in [-0.3, -0.25) is 9.48 Å². The van der Waals surface area contributed by atoms with Crippen LogP contribution in [0.25, 0.3) is 11.3 Å². The number of fused-ring (bicyclic) bond motifs is 3. The smallest absolute Gasteiger partial charge is 0.272 e. The number of para-hydroxylation sites is 1. The molecule has 144 valence electrons. The first-order chi connectivity index (χ1) is 13.7. The molecule has 6 heteroatoms. The average Bonchev–Trinajstić information content (AvgIpc) is 3.07. The van der Waals surface area contributed by atoms with E-state index in [0.717, 1.165) is 40.3 Å². The van der Waals surface area contributed by atoms with Crippen LogP contribution >= 0.6 is 0 Å². The van der Waals surface area contributed by atoms with Crippen molar-refractivity contribution in [3.05, 3.63) is 65.4 Å². The molecule has 0 fully saturated rings. The summed E-state index contributed by atoms with van der Waals surface area (Å²) in [5, 5.41) is 7.43. The van der Waals surface area contributed by atoms with Crippen molar-refractivity contribution >= 4 is 5.91 Å². The van der Waals surface area contributed by atoms with Gasteiger partial charge in [0.1, 0.15) is 18.1 Å². The average molecular weight is 377 g/mol. The molecule has 1 amide bonds. The van der Waals surface area contributed by atoms with Crippen LogP contribution in [0.15, 0.2) is 48.5 Å².